The van der Waals surface area contributed by atoms with Crippen molar-refractivity contribution in [2.45, 2.75) is 36.8 Å². The number of nitrogens with one attached hydrogen (secondary N) is 1. The third-order valence-electron chi connectivity index (χ3n) is 5.22. The van der Waals surface area contributed by atoms with E-state index in [2.05, 4.69) is 48.3 Å². The van der Waals surface area contributed by atoms with E-state index in [1.807, 2.05) is 11.8 Å². The van der Waals surface area contributed by atoms with Crippen LogP contribution >= 0.6 is 11.8 Å². The Hall–Kier alpha value is -0.930. The second-order valence-electron chi connectivity index (χ2n) is 6.57. The van der Waals surface area contributed by atoms with Crippen LogP contribution in [0.3, 0.4) is 0 Å². The first-order valence-corrected chi connectivity index (χ1v) is 8.79. The molecule has 0 saturated carbocycles. The van der Waals surface area contributed by atoms with E-state index in [1.54, 1.807) is 11.1 Å². The van der Waals surface area contributed by atoms with Crippen molar-refractivity contribution in [1.29, 1.82) is 0 Å². The molecule has 3 atom stereocenters. The fourth-order valence-electron chi connectivity index (χ4n) is 4.44. The number of aromatic nitrogens is 1. The van der Waals surface area contributed by atoms with Gasteiger partial charge in [0.05, 0.1) is 5.03 Å². The van der Waals surface area contributed by atoms with Crippen LogP contribution in [0.5, 0.6) is 0 Å². The van der Waals surface area contributed by atoms with Gasteiger partial charge in [0, 0.05) is 29.4 Å². The molecule has 1 unspecified atom stereocenters. The lowest BCUT2D eigenvalue weighted by Crippen LogP contribution is -2.47. The van der Waals surface area contributed by atoms with Gasteiger partial charge in [0.15, 0.2) is 0 Å². The second-order valence-corrected chi connectivity index (χ2v) is 7.38. The average molecular weight is 286 g/mol. The van der Waals surface area contributed by atoms with E-state index in [1.165, 1.54) is 35.3 Å². The fraction of sp³-hybridized carbons (Fsp3) is 0.529. The lowest BCUT2D eigenvalue weighted by molar-refractivity contribution is 0.119. The zero-order chi connectivity index (χ0) is 13.9. The molecule has 1 N–H and O–H groups in total. The zero-order valence-electron chi connectivity index (χ0n) is 12.4. The van der Waals surface area contributed by atoms with Crippen molar-refractivity contribution in [3.8, 4) is 0 Å². The van der Waals surface area contributed by atoms with Crippen LogP contribution in [-0.2, 0) is 6.42 Å². The van der Waals surface area contributed by atoms with Crippen LogP contribution < -0.4 is 0 Å². The highest BCUT2D eigenvalue weighted by atomic mass is 32.2. The van der Waals surface area contributed by atoms with E-state index in [-0.39, 0.29) is 0 Å². The molecule has 0 radical (unpaired) electrons. The predicted molar refractivity (Wildman–Crippen MR) is 86.7 cm³/mol. The van der Waals surface area contributed by atoms with Crippen LogP contribution in [0.4, 0.5) is 0 Å². The maximum atomic E-state index is 3.63. The van der Waals surface area contributed by atoms with Crippen LogP contribution in [0.25, 0.3) is 10.9 Å². The minimum absolute atomic E-state index is 0.686. The zero-order valence-corrected chi connectivity index (χ0v) is 13.3. The van der Waals surface area contributed by atoms with Gasteiger partial charge in [-0.2, -0.15) is 0 Å². The summed E-state index contributed by atoms with van der Waals surface area (Å²) in [6, 6.07) is 7.51. The van der Waals surface area contributed by atoms with Crippen molar-refractivity contribution >= 4 is 22.7 Å². The number of piperidine rings is 1. The van der Waals surface area contributed by atoms with Gasteiger partial charge < -0.3 is 9.88 Å². The Kier molecular flexibility index (Phi) is 2.90. The van der Waals surface area contributed by atoms with E-state index in [4.69, 9.17) is 0 Å². The molecule has 106 valence electrons. The molecule has 1 aromatic carbocycles. The molecule has 0 bridgehead atoms. The Bertz CT molecular complexity index is 660. The molecule has 1 fully saturated rings. The third-order valence-corrected chi connectivity index (χ3v) is 5.98. The number of likely N-dealkylation sites (tertiary alicyclic amines) is 1. The summed E-state index contributed by atoms with van der Waals surface area (Å²) in [5.74, 6) is 1.52. The minimum Gasteiger partial charge on any atom is -0.349 e. The third kappa shape index (κ3) is 1.69. The highest BCUT2D eigenvalue weighted by Gasteiger charge is 2.38. The van der Waals surface area contributed by atoms with Gasteiger partial charge >= 0.3 is 0 Å². The van der Waals surface area contributed by atoms with Gasteiger partial charge in [0.2, 0.25) is 0 Å². The van der Waals surface area contributed by atoms with Crippen molar-refractivity contribution in [3.05, 3.63) is 29.3 Å². The molecule has 2 aliphatic rings. The van der Waals surface area contributed by atoms with Gasteiger partial charge in [0.25, 0.3) is 0 Å². The monoisotopic (exact) mass is 286 g/mol. The van der Waals surface area contributed by atoms with Gasteiger partial charge in [0.1, 0.15) is 0 Å². The van der Waals surface area contributed by atoms with Crippen LogP contribution in [0.15, 0.2) is 23.2 Å². The van der Waals surface area contributed by atoms with Crippen LogP contribution in [0.2, 0.25) is 0 Å². The summed E-state index contributed by atoms with van der Waals surface area (Å²) >= 11 is 1.86. The largest absolute Gasteiger partial charge is 0.349 e. The van der Waals surface area contributed by atoms with Crippen molar-refractivity contribution < 1.29 is 0 Å². The number of likely N-dealkylation sites (N-methyl/N-ethyl adjacent to an activating group) is 1. The molecule has 0 spiro atoms. The second kappa shape index (κ2) is 4.54. The van der Waals surface area contributed by atoms with E-state index in [0.29, 0.717) is 12.0 Å². The van der Waals surface area contributed by atoms with Crippen molar-refractivity contribution in [1.82, 2.24) is 9.88 Å². The summed E-state index contributed by atoms with van der Waals surface area (Å²) in [4.78, 5) is 6.22. The molecule has 0 amide bonds. The molecule has 2 heterocycles. The number of nitrogens with zero attached hydrogens (tertiary/aromatic N) is 1. The Morgan fingerprint density at radius 1 is 1.35 bits per heavy atom. The summed E-state index contributed by atoms with van der Waals surface area (Å²) in [6.45, 7) is 3.64. The van der Waals surface area contributed by atoms with Crippen LogP contribution in [-0.4, -0.2) is 35.8 Å². The fourth-order valence-corrected chi connectivity index (χ4v) is 5.08. The first-order valence-electron chi connectivity index (χ1n) is 7.56. The Labute approximate surface area is 124 Å². The van der Waals surface area contributed by atoms with Crippen molar-refractivity contribution in [3.63, 3.8) is 0 Å². The lowest BCUT2D eigenvalue weighted by atomic mass is 9.73. The molecular formula is C17H22N2S. The number of fused-ring (bicyclic) bond motifs is 2. The normalized spacial score (nSPS) is 29.6. The van der Waals surface area contributed by atoms with Crippen molar-refractivity contribution in [2.24, 2.45) is 5.92 Å². The first-order chi connectivity index (χ1) is 9.69. The summed E-state index contributed by atoms with van der Waals surface area (Å²) in [5, 5.41) is 2.90. The van der Waals surface area contributed by atoms with Crippen LogP contribution in [0.1, 0.15) is 30.4 Å². The molecule has 2 aromatic rings. The van der Waals surface area contributed by atoms with Gasteiger partial charge in [-0.15, -0.1) is 11.8 Å². The topological polar surface area (TPSA) is 19.0 Å². The predicted octanol–water partition coefficient (Wildman–Crippen LogP) is 3.87. The molecule has 1 aliphatic carbocycles. The molecule has 2 nitrogen and oxygen atoms in total. The van der Waals surface area contributed by atoms with E-state index in [0.717, 1.165) is 5.92 Å². The van der Waals surface area contributed by atoms with E-state index < -0.39 is 0 Å². The quantitative estimate of drug-likeness (QED) is 0.803. The molecule has 1 aromatic heterocycles. The van der Waals surface area contributed by atoms with Gasteiger partial charge in [-0.05, 0) is 49.3 Å². The standard InChI is InChI=1S/C17H22N2S/c1-10-7-12-11-5-4-6-14-16(11)13(17(18-14)20-3)8-15(12)19(2)9-10/h4-6,10,12,15,18H,7-9H2,1-3H3/t10-,12?,15+/m0/s1. The molecule has 20 heavy (non-hydrogen) atoms. The summed E-state index contributed by atoms with van der Waals surface area (Å²) in [5.41, 5.74) is 4.48. The maximum absolute atomic E-state index is 3.63. The number of hydrogen-bond donors (Lipinski definition) is 1. The highest BCUT2D eigenvalue weighted by Crippen LogP contribution is 2.46. The Morgan fingerprint density at radius 2 is 2.20 bits per heavy atom. The number of benzene rings is 1. The number of thioether (sulfide) groups is 1. The lowest BCUT2D eigenvalue weighted by Gasteiger charge is -2.45. The van der Waals surface area contributed by atoms with E-state index >= 15 is 0 Å². The smallest absolute Gasteiger partial charge is 0.0763 e. The summed E-state index contributed by atoms with van der Waals surface area (Å²) in [7, 11) is 2.31. The first kappa shape index (κ1) is 12.8. The van der Waals surface area contributed by atoms with Gasteiger partial charge in [-0.3, -0.25) is 0 Å². The van der Waals surface area contributed by atoms with Crippen LogP contribution in [0, 0.1) is 5.92 Å². The summed E-state index contributed by atoms with van der Waals surface area (Å²) < 4.78 is 0. The number of aromatic amines is 1. The van der Waals surface area contributed by atoms with Gasteiger partial charge in [-0.1, -0.05) is 19.1 Å². The molecule has 1 aliphatic heterocycles. The Morgan fingerprint density at radius 3 is 3.00 bits per heavy atom. The minimum atomic E-state index is 0.686. The van der Waals surface area contributed by atoms with E-state index in [9.17, 15) is 0 Å². The summed E-state index contributed by atoms with van der Waals surface area (Å²) in [6.07, 6.45) is 4.73. The molecule has 3 heteroatoms. The average Bonchev–Trinajstić information content (AvgIpc) is 2.80. The highest BCUT2D eigenvalue weighted by molar-refractivity contribution is 7.98. The molecule has 4 rings (SSSR count). The Balaban J connectivity index is 1.94. The number of rotatable bonds is 1. The maximum Gasteiger partial charge on any atom is 0.0763 e. The van der Waals surface area contributed by atoms with Gasteiger partial charge in [-0.25, -0.2) is 0 Å². The van der Waals surface area contributed by atoms with Crippen molar-refractivity contribution in [2.75, 3.05) is 19.8 Å². The number of hydrogen-bond acceptors (Lipinski definition) is 2. The SMILES string of the molecule is CSc1[nH]c2cccc3c2c1C[C@@H]1C3C[C@H](C)CN1C. The molecule has 1 saturated heterocycles. The number of H-pyrrole nitrogens is 1. The molecular weight excluding hydrogens is 264 g/mol.